The molecule has 102 valence electrons. The molecule has 0 heterocycles. The first kappa shape index (κ1) is 13.3. The number of hydrogen-bond acceptors (Lipinski definition) is 5. The number of nitrogens with one attached hydrogen (secondary N) is 1. The van der Waals surface area contributed by atoms with E-state index in [1.165, 1.54) is 12.1 Å². The maximum Gasteiger partial charge on any atom is 0.296 e. The van der Waals surface area contributed by atoms with Gasteiger partial charge < -0.3 is 16.2 Å². The predicted octanol–water partition coefficient (Wildman–Crippen LogP) is 1.37. The van der Waals surface area contributed by atoms with Crippen LogP contribution in [0.1, 0.15) is 19.3 Å². The van der Waals surface area contributed by atoms with E-state index in [9.17, 15) is 20.0 Å². The molecule has 0 radical (unpaired) electrons. The summed E-state index contributed by atoms with van der Waals surface area (Å²) in [6.07, 6.45) is 2.08. The molecular weight excluding hydrogens is 250 g/mol. The molecule has 0 spiro atoms. The third-order valence-corrected chi connectivity index (χ3v) is 3.28. The van der Waals surface area contributed by atoms with Crippen molar-refractivity contribution in [1.29, 1.82) is 0 Å². The first-order chi connectivity index (χ1) is 8.97. The van der Waals surface area contributed by atoms with Crippen LogP contribution in [0.2, 0.25) is 0 Å². The van der Waals surface area contributed by atoms with Crippen molar-refractivity contribution in [3.63, 3.8) is 0 Å². The number of nitro groups is 1. The Morgan fingerprint density at radius 1 is 1.47 bits per heavy atom. The van der Waals surface area contributed by atoms with Gasteiger partial charge in [-0.1, -0.05) is 0 Å². The lowest BCUT2D eigenvalue weighted by Gasteiger charge is -2.11. The van der Waals surface area contributed by atoms with Gasteiger partial charge in [-0.15, -0.1) is 0 Å². The highest BCUT2D eigenvalue weighted by Gasteiger charge is 2.29. The van der Waals surface area contributed by atoms with E-state index >= 15 is 0 Å². The number of aromatic hydroxyl groups is 1. The molecule has 1 saturated carbocycles. The number of carbonyl (C=O) groups is 1. The third-order valence-electron chi connectivity index (χ3n) is 3.28. The molecule has 1 aromatic rings. The van der Waals surface area contributed by atoms with Crippen LogP contribution >= 0.6 is 0 Å². The second kappa shape index (κ2) is 5.23. The standard InChI is InChI=1S/C12H15N3O4/c13-8-2-1-7(5-8)12(17)14-10-4-3-9(16)6-11(10)15(18)19/h3-4,6-8,16H,1-2,5,13H2,(H,14,17). The number of carbonyl (C=O) groups excluding carboxylic acids is 1. The molecule has 2 rings (SSSR count). The summed E-state index contributed by atoms with van der Waals surface area (Å²) < 4.78 is 0. The molecule has 0 aromatic heterocycles. The molecule has 2 atom stereocenters. The Morgan fingerprint density at radius 3 is 2.79 bits per heavy atom. The molecule has 1 aromatic carbocycles. The van der Waals surface area contributed by atoms with Gasteiger partial charge >= 0.3 is 0 Å². The van der Waals surface area contributed by atoms with E-state index in [0.717, 1.165) is 12.5 Å². The Bertz CT molecular complexity index is 518. The van der Waals surface area contributed by atoms with E-state index in [-0.39, 0.29) is 35.0 Å². The van der Waals surface area contributed by atoms with Crippen LogP contribution in [0.15, 0.2) is 18.2 Å². The SMILES string of the molecule is NC1CCC(C(=O)Nc2ccc(O)cc2[N+](=O)[O-])C1. The number of nitrogens with zero attached hydrogens (tertiary/aromatic N) is 1. The van der Waals surface area contributed by atoms with Gasteiger partial charge in [0.05, 0.1) is 11.0 Å². The van der Waals surface area contributed by atoms with Crippen LogP contribution in [0.3, 0.4) is 0 Å². The Kier molecular flexibility index (Phi) is 3.66. The molecule has 0 aliphatic heterocycles. The van der Waals surface area contributed by atoms with Crippen molar-refractivity contribution < 1.29 is 14.8 Å². The maximum atomic E-state index is 12.0. The molecule has 0 saturated heterocycles. The lowest BCUT2D eigenvalue weighted by atomic mass is 10.1. The van der Waals surface area contributed by atoms with E-state index < -0.39 is 4.92 Å². The summed E-state index contributed by atoms with van der Waals surface area (Å²) in [7, 11) is 0. The lowest BCUT2D eigenvalue weighted by molar-refractivity contribution is -0.384. The minimum atomic E-state index is -0.643. The predicted molar refractivity (Wildman–Crippen MR) is 68.7 cm³/mol. The van der Waals surface area contributed by atoms with Gasteiger partial charge in [0.25, 0.3) is 5.69 Å². The number of benzene rings is 1. The number of phenols is 1. The van der Waals surface area contributed by atoms with Crippen LogP contribution in [-0.2, 0) is 4.79 Å². The smallest absolute Gasteiger partial charge is 0.296 e. The molecule has 0 bridgehead atoms. The molecule has 7 heteroatoms. The fourth-order valence-electron chi connectivity index (χ4n) is 2.27. The molecule has 2 unspecified atom stereocenters. The van der Waals surface area contributed by atoms with Gasteiger partial charge in [0.2, 0.25) is 5.91 Å². The van der Waals surface area contributed by atoms with E-state index in [1.54, 1.807) is 0 Å². The van der Waals surface area contributed by atoms with Crippen LogP contribution < -0.4 is 11.1 Å². The summed E-state index contributed by atoms with van der Waals surface area (Å²) in [6, 6.07) is 3.64. The highest BCUT2D eigenvalue weighted by Crippen LogP contribution is 2.30. The summed E-state index contributed by atoms with van der Waals surface area (Å²) in [6.45, 7) is 0. The van der Waals surface area contributed by atoms with Crippen molar-refractivity contribution in [1.82, 2.24) is 0 Å². The third kappa shape index (κ3) is 3.00. The zero-order chi connectivity index (χ0) is 14.0. The van der Waals surface area contributed by atoms with E-state index in [1.807, 2.05) is 0 Å². The van der Waals surface area contributed by atoms with Gasteiger partial charge in [0.15, 0.2) is 0 Å². The molecule has 1 aliphatic rings. The number of phenolic OH excluding ortho intramolecular Hbond substituents is 1. The van der Waals surface area contributed by atoms with Crippen LogP contribution in [0.5, 0.6) is 5.75 Å². The average Bonchev–Trinajstić information content (AvgIpc) is 2.78. The van der Waals surface area contributed by atoms with Gasteiger partial charge in [-0.3, -0.25) is 14.9 Å². The van der Waals surface area contributed by atoms with Gasteiger partial charge in [-0.05, 0) is 31.4 Å². The highest BCUT2D eigenvalue weighted by molar-refractivity contribution is 5.95. The van der Waals surface area contributed by atoms with Crippen LogP contribution in [0.4, 0.5) is 11.4 Å². The monoisotopic (exact) mass is 265 g/mol. The zero-order valence-electron chi connectivity index (χ0n) is 10.2. The summed E-state index contributed by atoms with van der Waals surface area (Å²) >= 11 is 0. The molecule has 7 nitrogen and oxygen atoms in total. The van der Waals surface area contributed by atoms with Gasteiger partial charge in [0, 0.05) is 12.0 Å². The minimum absolute atomic E-state index is 0.0190. The molecule has 1 fully saturated rings. The number of anilines is 1. The fourth-order valence-corrected chi connectivity index (χ4v) is 2.27. The maximum absolute atomic E-state index is 12.0. The zero-order valence-corrected chi connectivity index (χ0v) is 10.2. The summed E-state index contributed by atoms with van der Waals surface area (Å²) in [4.78, 5) is 22.2. The van der Waals surface area contributed by atoms with Crippen molar-refractivity contribution >= 4 is 17.3 Å². The quantitative estimate of drug-likeness (QED) is 0.433. The summed E-state index contributed by atoms with van der Waals surface area (Å²) in [5.41, 5.74) is 5.50. The van der Waals surface area contributed by atoms with Crippen LogP contribution in [0.25, 0.3) is 0 Å². The van der Waals surface area contributed by atoms with Crippen LogP contribution in [0, 0.1) is 16.0 Å². The average molecular weight is 265 g/mol. The highest BCUT2D eigenvalue weighted by atomic mass is 16.6. The Labute approximate surface area is 109 Å². The normalized spacial score (nSPS) is 22.2. The number of rotatable bonds is 3. The van der Waals surface area contributed by atoms with Gasteiger partial charge in [0.1, 0.15) is 11.4 Å². The van der Waals surface area contributed by atoms with E-state index in [2.05, 4.69) is 5.32 Å². The number of hydrogen-bond donors (Lipinski definition) is 3. The number of nitro benzene ring substituents is 1. The van der Waals surface area contributed by atoms with Crippen molar-refractivity contribution in [2.24, 2.45) is 11.7 Å². The molecule has 19 heavy (non-hydrogen) atoms. The fraction of sp³-hybridized carbons (Fsp3) is 0.417. The minimum Gasteiger partial charge on any atom is -0.508 e. The first-order valence-corrected chi connectivity index (χ1v) is 6.01. The van der Waals surface area contributed by atoms with Crippen molar-refractivity contribution in [2.75, 3.05) is 5.32 Å². The largest absolute Gasteiger partial charge is 0.508 e. The Balaban J connectivity index is 2.14. The van der Waals surface area contributed by atoms with E-state index in [0.29, 0.717) is 12.8 Å². The number of nitrogens with two attached hydrogens (primary N) is 1. The van der Waals surface area contributed by atoms with Crippen molar-refractivity contribution in [2.45, 2.75) is 25.3 Å². The topological polar surface area (TPSA) is 118 Å². The summed E-state index contributed by atoms with van der Waals surface area (Å²) in [5.74, 6) is -0.683. The molecule has 1 aliphatic carbocycles. The van der Waals surface area contributed by atoms with Crippen molar-refractivity contribution in [3.8, 4) is 5.75 Å². The molecular formula is C12H15N3O4. The Hall–Kier alpha value is -2.15. The second-order valence-electron chi connectivity index (χ2n) is 4.72. The molecule has 4 N–H and O–H groups in total. The Morgan fingerprint density at radius 2 is 2.21 bits per heavy atom. The van der Waals surface area contributed by atoms with E-state index in [4.69, 9.17) is 5.73 Å². The lowest BCUT2D eigenvalue weighted by Crippen LogP contribution is -2.23. The van der Waals surface area contributed by atoms with Gasteiger partial charge in [-0.2, -0.15) is 0 Å². The second-order valence-corrected chi connectivity index (χ2v) is 4.72. The first-order valence-electron chi connectivity index (χ1n) is 6.01. The van der Waals surface area contributed by atoms with Crippen molar-refractivity contribution in [3.05, 3.63) is 28.3 Å². The number of amides is 1. The van der Waals surface area contributed by atoms with Crippen LogP contribution in [-0.4, -0.2) is 22.0 Å². The van der Waals surface area contributed by atoms with Gasteiger partial charge in [-0.25, -0.2) is 0 Å². The summed E-state index contributed by atoms with van der Waals surface area (Å²) in [5, 5.41) is 22.6. The molecule has 1 amide bonds.